The summed E-state index contributed by atoms with van der Waals surface area (Å²) in [4.78, 5) is 22.6. The van der Waals surface area contributed by atoms with Gasteiger partial charge in [-0.3, -0.25) is 14.9 Å². The van der Waals surface area contributed by atoms with Crippen LogP contribution in [-0.4, -0.2) is 24.5 Å². The molecule has 0 radical (unpaired) electrons. The highest BCUT2D eigenvalue weighted by molar-refractivity contribution is 5.96. The number of ether oxygens (including phenoxy) is 1. The summed E-state index contributed by atoms with van der Waals surface area (Å²) in [5.41, 5.74) is 1.85. The van der Waals surface area contributed by atoms with Crippen LogP contribution >= 0.6 is 0 Å². The van der Waals surface area contributed by atoms with Crippen LogP contribution in [0.4, 0.5) is 5.69 Å². The fourth-order valence-electron chi connectivity index (χ4n) is 2.45. The van der Waals surface area contributed by atoms with Crippen molar-refractivity contribution in [1.82, 2.24) is 5.32 Å². The summed E-state index contributed by atoms with van der Waals surface area (Å²) in [6, 6.07) is 12.3. The Morgan fingerprint density at radius 3 is 2.54 bits per heavy atom. The van der Waals surface area contributed by atoms with E-state index in [4.69, 9.17) is 4.74 Å². The SMILES string of the molecule is COc1ccc(CCCNC(=O)c2cccc([N+](=O)[O-])c2C)cc1. The maximum Gasteiger partial charge on any atom is 0.273 e. The van der Waals surface area contributed by atoms with Gasteiger partial charge in [0.25, 0.3) is 11.6 Å². The third kappa shape index (κ3) is 4.32. The van der Waals surface area contributed by atoms with Gasteiger partial charge in [-0.05, 0) is 43.5 Å². The van der Waals surface area contributed by atoms with E-state index in [1.165, 1.54) is 12.1 Å². The smallest absolute Gasteiger partial charge is 0.273 e. The van der Waals surface area contributed by atoms with Gasteiger partial charge in [-0.25, -0.2) is 0 Å². The van der Waals surface area contributed by atoms with E-state index in [0.717, 1.165) is 24.2 Å². The summed E-state index contributed by atoms with van der Waals surface area (Å²) in [6.45, 7) is 2.09. The van der Waals surface area contributed by atoms with Crippen LogP contribution in [0.25, 0.3) is 0 Å². The molecule has 6 nitrogen and oxygen atoms in total. The molecule has 0 aliphatic heterocycles. The Morgan fingerprint density at radius 1 is 1.21 bits per heavy atom. The number of benzene rings is 2. The van der Waals surface area contributed by atoms with Crippen LogP contribution in [0.2, 0.25) is 0 Å². The quantitative estimate of drug-likeness (QED) is 0.480. The number of nitro benzene ring substituents is 1. The number of hydrogen-bond donors (Lipinski definition) is 1. The number of nitrogens with one attached hydrogen (secondary N) is 1. The van der Waals surface area contributed by atoms with Gasteiger partial charge < -0.3 is 10.1 Å². The highest BCUT2D eigenvalue weighted by Gasteiger charge is 2.17. The summed E-state index contributed by atoms with van der Waals surface area (Å²) >= 11 is 0. The minimum absolute atomic E-state index is 0.0408. The minimum Gasteiger partial charge on any atom is -0.497 e. The van der Waals surface area contributed by atoms with Gasteiger partial charge in [0.15, 0.2) is 0 Å². The van der Waals surface area contributed by atoms with Crippen LogP contribution < -0.4 is 10.1 Å². The number of rotatable bonds is 7. The van der Waals surface area contributed by atoms with Gasteiger partial charge >= 0.3 is 0 Å². The van der Waals surface area contributed by atoms with E-state index in [9.17, 15) is 14.9 Å². The summed E-state index contributed by atoms with van der Waals surface area (Å²) in [6.07, 6.45) is 1.62. The van der Waals surface area contributed by atoms with Gasteiger partial charge in [-0.1, -0.05) is 18.2 Å². The molecule has 0 aliphatic rings. The molecule has 2 rings (SSSR count). The first-order valence-electron chi connectivity index (χ1n) is 7.68. The molecule has 0 bridgehead atoms. The maximum atomic E-state index is 12.2. The highest BCUT2D eigenvalue weighted by atomic mass is 16.6. The van der Waals surface area contributed by atoms with Crippen LogP contribution in [0.1, 0.15) is 27.9 Å². The number of nitrogens with zero attached hydrogens (tertiary/aromatic N) is 1. The molecule has 0 saturated carbocycles. The number of methoxy groups -OCH3 is 1. The number of aryl methyl sites for hydroxylation is 1. The van der Waals surface area contributed by atoms with Crippen molar-refractivity contribution in [2.24, 2.45) is 0 Å². The van der Waals surface area contributed by atoms with Crippen molar-refractivity contribution < 1.29 is 14.5 Å². The summed E-state index contributed by atoms with van der Waals surface area (Å²) < 4.78 is 5.11. The van der Waals surface area contributed by atoms with Gasteiger partial charge in [0.2, 0.25) is 0 Å². The Morgan fingerprint density at radius 2 is 1.92 bits per heavy atom. The molecular weight excluding hydrogens is 308 g/mol. The second-order valence-corrected chi connectivity index (χ2v) is 5.41. The number of amides is 1. The second kappa shape index (κ2) is 8.10. The predicted octanol–water partition coefficient (Wildman–Crippen LogP) is 3.27. The standard InChI is InChI=1S/C18H20N2O4/c1-13-16(6-3-7-17(13)20(22)23)18(21)19-12-4-5-14-8-10-15(24-2)11-9-14/h3,6-11H,4-5,12H2,1-2H3,(H,19,21). The fourth-order valence-corrected chi connectivity index (χ4v) is 2.45. The molecule has 0 fully saturated rings. The zero-order valence-electron chi connectivity index (χ0n) is 13.7. The van der Waals surface area contributed by atoms with E-state index in [0.29, 0.717) is 17.7 Å². The average molecular weight is 328 g/mol. The van der Waals surface area contributed by atoms with Crippen molar-refractivity contribution in [2.45, 2.75) is 19.8 Å². The molecule has 2 aromatic carbocycles. The molecule has 24 heavy (non-hydrogen) atoms. The monoisotopic (exact) mass is 328 g/mol. The lowest BCUT2D eigenvalue weighted by Crippen LogP contribution is -2.25. The van der Waals surface area contributed by atoms with Crippen molar-refractivity contribution in [1.29, 1.82) is 0 Å². The van der Waals surface area contributed by atoms with E-state index in [-0.39, 0.29) is 11.6 Å². The summed E-state index contributed by atoms with van der Waals surface area (Å²) in [5, 5.41) is 13.7. The second-order valence-electron chi connectivity index (χ2n) is 5.41. The molecule has 0 unspecified atom stereocenters. The Labute approximate surface area is 140 Å². The van der Waals surface area contributed by atoms with E-state index in [1.807, 2.05) is 24.3 Å². The molecule has 0 heterocycles. The Bertz CT molecular complexity index is 726. The Hall–Kier alpha value is -2.89. The average Bonchev–Trinajstić information content (AvgIpc) is 2.59. The van der Waals surface area contributed by atoms with E-state index < -0.39 is 4.92 Å². The molecular formula is C18H20N2O4. The largest absolute Gasteiger partial charge is 0.497 e. The van der Waals surface area contributed by atoms with Crippen LogP contribution in [0.3, 0.4) is 0 Å². The van der Waals surface area contributed by atoms with Gasteiger partial charge in [-0.2, -0.15) is 0 Å². The lowest BCUT2D eigenvalue weighted by Gasteiger charge is -2.08. The van der Waals surface area contributed by atoms with Crippen LogP contribution in [0.5, 0.6) is 5.75 Å². The molecule has 0 atom stereocenters. The lowest BCUT2D eigenvalue weighted by molar-refractivity contribution is -0.385. The summed E-state index contributed by atoms with van der Waals surface area (Å²) in [5.74, 6) is 0.527. The topological polar surface area (TPSA) is 81.5 Å². The Balaban J connectivity index is 1.87. The van der Waals surface area contributed by atoms with Gasteiger partial charge in [0, 0.05) is 23.7 Å². The third-order valence-corrected chi connectivity index (χ3v) is 3.83. The zero-order valence-corrected chi connectivity index (χ0v) is 13.7. The predicted molar refractivity (Wildman–Crippen MR) is 91.5 cm³/mol. The first kappa shape index (κ1) is 17.5. The lowest BCUT2D eigenvalue weighted by atomic mass is 10.1. The highest BCUT2D eigenvalue weighted by Crippen LogP contribution is 2.21. The van der Waals surface area contributed by atoms with Crippen LogP contribution in [-0.2, 0) is 6.42 Å². The van der Waals surface area contributed by atoms with Gasteiger partial charge in [0.1, 0.15) is 5.75 Å². The molecule has 0 aliphatic carbocycles. The molecule has 6 heteroatoms. The minimum atomic E-state index is -0.476. The van der Waals surface area contributed by atoms with E-state index in [2.05, 4.69) is 5.32 Å². The first-order chi connectivity index (χ1) is 11.5. The number of hydrogen-bond acceptors (Lipinski definition) is 4. The number of carbonyl (C=O) groups is 1. The molecule has 0 aromatic heterocycles. The molecule has 2 aromatic rings. The summed E-state index contributed by atoms with van der Waals surface area (Å²) in [7, 11) is 1.63. The molecule has 1 amide bonds. The van der Waals surface area contributed by atoms with Crippen molar-refractivity contribution in [3.63, 3.8) is 0 Å². The molecule has 1 N–H and O–H groups in total. The van der Waals surface area contributed by atoms with Crippen molar-refractivity contribution in [2.75, 3.05) is 13.7 Å². The fraction of sp³-hybridized carbons (Fsp3) is 0.278. The van der Waals surface area contributed by atoms with Gasteiger partial charge in [0.05, 0.1) is 12.0 Å². The molecule has 0 spiro atoms. The maximum absolute atomic E-state index is 12.2. The van der Waals surface area contributed by atoms with Crippen LogP contribution in [0, 0.1) is 17.0 Å². The van der Waals surface area contributed by atoms with E-state index >= 15 is 0 Å². The molecule has 126 valence electrons. The zero-order chi connectivity index (χ0) is 17.5. The first-order valence-corrected chi connectivity index (χ1v) is 7.68. The van der Waals surface area contributed by atoms with Gasteiger partial charge in [-0.15, -0.1) is 0 Å². The third-order valence-electron chi connectivity index (χ3n) is 3.83. The van der Waals surface area contributed by atoms with Crippen molar-refractivity contribution in [3.05, 3.63) is 69.3 Å². The van der Waals surface area contributed by atoms with Crippen molar-refractivity contribution >= 4 is 11.6 Å². The van der Waals surface area contributed by atoms with E-state index in [1.54, 1.807) is 20.1 Å². The van der Waals surface area contributed by atoms with Crippen molar-refractivity contribution in [3.8, 4) is 5.75 Å². The normalized spacial score (nSPS) is 10.2. The number of nitro groups is 1. The Kier molecular flexibility index (Phi) is 5.89. The number of carbonyl (C=O) groups excluding carboxylic acids is 1. The molecule has 0 saturated heterocycles. The van der Waals surface area contributed by atoms with Crippen LogP contribution in [0.15, 0.2) is 42.5 Å².